The van der Waals surface area contributed by atoms with E-state index in [-0.39, 0.29) is 29.6 Å². The highest BCUT2D eigenvalue weighted by Gasteiger charge is 2.33. The molecule has 1 aromatic heterocycles. The van der Waals surface area contributed by atoms with E-state index >= 15 is 0 Å². The zero-order valence-electron chi connectivity index (χ0n) is 11.9. The Labute approximate surface area is 123 Å². The molecule has 0 amide bonds. The van der Waals surface area contributed by atoms with Crippen molar-refractivity contribution in [3.63, 3.8) is 0 Å². The summed E-state index contributed by atoms with van der Waals surface area (Å²) in [5.41, 5.74) is 1.89. The van der Waals surface area contributed by atoms with Gasteiger partial charge in [0.05, 0.1) is 29.0 Å². The van der Waals surface area contributed by atoms with Crippen LogP contribution in [-0.4, -0.2) is 35.3 Å². The number of carbonyl (C=O) groups excluding carboxylic acids is 1. The van der Waals surface area contributed by atoms with Gasteiger partial charge in [0.2, 0.25) is 0 Å². The van der Waals surface area contributed by atoms with Crippen LogP contribution in [-0.2, 0) is 27.6 Å². The Hall–Kier alpha value is -1.69. The molecule has 0 N–H and O–H groups in total. The minimum Gasteiger partial charge on any atom is -0.328 e. The number of benzene rings is 1. The van der Waals surface area contributed by atoms with Crippen molar-refractivity contribution in [1.29, 1.82) is 0 Å². The lowest BCUT2D eigenvalue weighted by molar-refractivity contribution is -0.121. The lowest BCUT2D eigenvalue weighted by Gasteiger charge is -2.08. The van der Waals surface area contributed by atoms with Crippen molar-refractivity contribution in [3.05, 3.63) is 30.1 Å². The van der Waals surface area contributed by atoms with Crippen molar-refractivity contribution < 1.29 is 13.2 Å². The summed E-state index contributed by atoms with van der Waals surface area (Å²) in [5.74, 6) is 0.486. The van der Waals surface area contributed by atoms with Crippen LogP contribution in [0.4, 0.5) is 0 Å². The smallest absolute Gasteiger partial charge is 0.151 e. The monoisotopic (exact) mass is 306 g/mol. The predicted octanol–water partition coefficient (Wildman–Crippen LogP) is 1.60. The number of imidazole rings is 1. The molecule has 1 fully saturated rings. The molecule has 0 aliphatic carbocycles. The van der Waals surface area contributed by atoms with E-state index < -0.39 is 9.84 Å². The van der Waals surface area contributed by atoms with Crippen molar-refractivity contribution in [3.8, 4) is 0 Å². The number of hydrogen-bond donors (Lipinski definition) is 0. The second kappa shape index (κ2) is 5.26. The molecule has 0 bridgehead atoms. The summed E-state index contributed by atoms with van der Waals surface area (Å²) in [5, 5.41) is 0. The second-order valence-electron chi connectivity index (χ2n) is 5.50. The number of carbonyl (C=O) groups is 1. The van der Waals surface area contributed by atoms with Crippen LogP contribution in [0.2, 0.25) is 0 Å². The average Bonchev–Trinajstić information content (AvgIpc) is 2.98. The fourth-order valence-electron chi connectivity index (χ4n) is 2.96. The van der Waals surface area contributed by atoms with Crippen molar-refractivity contribution in [2.24, 2.45) is 5.92 Å². The van der Waals surface area contributed by atoms with E-state index in [0.29, 0.717) is 6.42 Å². The van der Waals surface area contributed by atoms with Crippen LogP contribution in [0.3, 0.4) is 0 Å². The number of rotatable bonds is 4. The van der Waals surface area contributed by atoms with Gasteiger partial charge in [-0.1, -0.05) is 12.1 Å². The van der Waals surface area contributed by atoms with Gasteiger partial charge >= 0.3 is 0 Å². The van der Waals surface area contributed by atoms with Crippen LogP contribution in [0.15, 0.2) is 24.3 Å². The summed E-state index contributed by atoms with van der Waals surface area (Å²) in [6.07, 6.45) is 0.663. The SMILES string of the molecule is CCn1c(CC(=O)C2CCS(=O)(=O)C2)nc2ccccc21. The summed E-state index contributed by atoms with van der Waals surface area (Å²) in [4.78, 5) is 16.9. The van der Waals surface area contributed by atoms with E-state index in [1.165, 1.54) is 0 Å². The van der Waals surface area contributed by atoms with E-state index in [2.05, 4.69) is 4.98 Å². The number of sulfone groups is 1. The van der Waals surface area contributed by atoms with E-state index in [9.17, 15) is 13.2 Å². The summed E-state index contributed by atoms with van der Waals surface area (Å²) in [7, 11) is -3.02. The molecule has 1 saturated heterocycles. The van der Waals surface area contributed by atoms with E-state index in [0.717, 1.165) is 23.4 Å². The topological polar surface area (TPSA) is 69.0 Å². The number of Topliss-reactive ketones (excluding diaryl/α,β-unsaturated/α-hetero) is 1. The maximum Gasteiger partial charge on any atom is 0.151 e. The third-order valence-electron chi connectivity index (χ3n) is 4.07. The number of hydrogen-bond acceptors (Lipinski definition) is 4. The maximum absolute atomic E-state index is 12.3. The van der Waals surface area contributed by atoms with Gasteiger partial charge in [-0.3, -0.25) is 4.79 Å². The van der Waals surface area contributed by atoms with E-state index in [4.69, 9.17) is 0 Å². The first kappa shape index (κ1) is 14.3. The number of aromatic nitrogens is 2. The minimum absolute atomic E-state index is 0.00180. The Balaban J connectivity index is 1.86. The fraction of sp³-hybridized carbons (Fsp3) is 0.467. The molecular formula is C15H18N2O3S. The molecule has 1 aliphatic heterocycles. The van der Waals surface area contributed by atoms with Crippen LogP contribution in [0.25, 0.3) is 11.0 Å². The molecule has 112 valence electrons. The van der Waals surface area contributed by atoms with Gasteiger partial charge in [-0.15, -0.1) is 0 Å². The van der Waals surface area contributed by atoms with Gasteiger partial charge in [0, 0.05) is 12.5 Å². The van der Waals surface area contributed by atoms with E-state index in [1.54, 1.807) is 0 Å². The predicted molar refractivity (Wildman–Crippen MR) is 80.9 cm³/mol. The van der Waals surface area contributed by atoms with Gasteiger partial charge < -0.3 is 4.57 Å². The van der Waals surface area contributed by atoms with Crippen molar-refractivity contribution >= 4 is 26.7 Å². The molecular weight excluding hydrogens is 288 g/mol. The zero-order chi connectivity index (χ0) is 15.0. The molecule has 6 heteroatoms. The molecule has 0 saturated carbocycles. The highest BCUT2D eigenvalue weighted by molar-refractivity contribution is 7.91. The molecule has 1 aromatic carbocycles. The Morgan fingerprint density at radius 2 is 2.14 bits per heavy atom. The lowest BCUT2D eigenvalue weighted by Crippen LogP contribution is -2.20. The molecule has 21 heavy (non-hydrogen) atoms. The van der Waals surface area contributed by atoms with Crippen molar-refractivity contribution in [1.82, 2.24) is 9.55 Å². The number of ketones is 1. The number of nitrogens with zero attached hydrogens (tertiary/aromatic N) is 2. The Bertz CT molecular complexity index is 792. The zero-order valence-corrected chi connectivity index (χ0v) is 12.8. The van der Waals surface area contributed by atoms with Crippen LogP contribution in [0.5, 0.6) is 0 Å². The molecule has 1 aliphatic rings. The van der Waals surface area contributed by atoms with E-state index in [1.807, 2.05) is 35.8 Å². The van der Waals surface area contributed by atoms with Crippen LogP contribution < -0.4 is 0 Å². The van der Waals surface area contributed by atoms with Gasteiger partial charge in [-0.05, 0) is 25.5 Å². The largest absolute Gasteiger partial charge is 0.328 e. The van der Waals surface area contributed by atoms with Crippen molar-refractivity contribution in [2.75, 3.05) is 11.5 Å². The van der Waals surface area contributed by atoms with Gasteiger partial charge in [0.15, 0.2) is 9.84 Å². The maximum atomic E-state index is 12.3. The Morgan fingerprint density at radius 3 is 2.81 bits per heavy atom. The lowest BCUT2D eigenvalue weighted by atomic mass is 10.0. The standard InChI is InChI=1S/C15H18N2O3S/c1-2-17-13-6-4-3-5-12(13)16-15(17)9-14(18)11-7-8-21(19,20)10-11/h3-6,11H,2,7-10H2,1H3. The molecule has 0 spiro atoms. The highest BCUT2D eigenvalue weighted by Crippen LogP contribution is 2.22. The molecule has 0 radical (unpaired) electrons. The van der Waals surface area contributed by atoms with Crippen LogP contribution >= 0.6 is 0 Å². The van der Waals surface area contributed by atoms with Crippen molar-refractivity contribution in [2.45, 2.75) is 26.3 Å². The van der Waals surface area contributed by atoms with Gasteiger partial charge in [-0.25, -0.2) is 13.4 Å². The Morgan fingerprint density at radius 1 is 1.38 bits per heavy atom. The molecule has 1 unspecified atom stereocenters. The Kier molecular flexibility index (Phi) is 3.57. The highest BCUT2D eigenvalue weighted by atomic mass is 32.2. The quantitative estimate of drug-likeness (QED) is 0.860. The molecule has 2 heterocycles. The molecule has 2 aromatic rings. The molecule has 3 rings (SSSR count). The first-order valence-electron chi connectivity index (χ1n) is 7.17. The summed E-state index contributed by atoms with van der Waals surface area (Å²) >= 11 is 0. The summed E-state index contributed by atoms with van der Waals surface area (Å²) < 4.78 is 25.0. The summed E-state index contributed by atoms with van der Waals surface area (Å²) in [6.45, 7) is 2.76. The summed E-state index contributed by atoms with van der Waals surface area (Å²) in [6, 6.07) is 7.78. The number of para-hydroxylation sites is 2. The first-order valence-corrected chi connectivity index (χ1v) is 8.99. The third kappa shape index (κ3) is 2.72. The van der Waals surface area contributed by atoms with Gasteiger partial charge in [0.25, 0.3) is 0 Å². The number of fused-ring (bicyclic) bond motifs is 1. The molecule has 5 nitrogen and oxygen atoms in total. The minimum atomic E-state index is -3.02. The second-order valence-corrected chi connectivity index (χ2v) is 7.73. The van der Waals surface area contributed by atoms with Gasteiger partial charge in [0.1, 0.15) is 11.6 Å². The van der Waals surface area contributed by atoms with Crippen LogP contribution in [0.1, 0.15) is 19.2 Å². The number of aryl methyl sites for hydroxylation is 1. The normalized spacial score (nSPS) is 20.9. The first-order chi connectivity index (χ1) is 10.00. The fourth-order valence-corrected chi connectivity index (χ4v) is 4.74. The van der Waals surface area contributed by atoms with Crippen LogP contribution in [0, 0.1) is 5.92 Å². The third-order valence-corrected chi connectivity index (χ3v) is 5.84. The van der Waals surface area contributed by atoms with Gasteiger partial charge in [-0.2, -0.15) is 0 Å². The average molecular weight is 306 g/mol. The molecule has 1 atom stereocenters.